The van der Waals surface area contributed by atoms with E-state index in [2.05, 4.69) is 20.1 Å². The average molecular weight is 411 g/mol. The second kappa shape index (κ2) is 6.39. The monoisotopic (exact) mass is 411 g/mol. The lowest BCUT2D eigenvalue weighted by atomic mass is 9.85. The lowest BCUT2D eigenvalue weighted by Gasteiger charge is -2.35. The Bertz CT molecular complexity index is 933. The first-order valence-electron chi connectivity index (χ1n) is 8.48. The number of amides is 4. The van der Waals surface area contributed by atoms with Gasteiger partial charge in [0.25, 0.3) is 11.8 Å². The Labute approximate surface area is 159 Å². The van der Waals surface area contributed by atoms with Gasteiger partial charge in [0.1, 0.15) is 11.7 Å². The Morgan fingerprint density at radius 3 is 2.64 bits per heavy atom. The lowest BCUT2D eigenvalue weighted by molar-refractivity contribution is -0.128. The van der Waals surface area contributed by atoms with E-state index in [1.165, 1.54) is 17.2 Å². The van der Waals surface area contributed by atoms with Crippen molar-refractivity contribution in [2.45, 2.75) is 31.3 Å². The zero-order valence-electron chi connectivity index (χ0n) is 14.4. The minimum absolute atomic E-state index is 0.0840. The minimum Gasteiger partial charge on any atom is -0.309 e. The van der Waals surface area contributed by atoms with Gasteiger partial charge >= 0.3 is 16.4 Å². The molecule has 0 radical (unpaired) electrons. The van der Waals surface area contributed by atoms with Crippen molar-refractivity contribution in [2.24, 2.45) is 5.41 Å². The molecule has 150 valence electrons. The van der Waals surface area contributed by atoms with Crippen molar-refractivity contribution in [1.82, 2.24) is 25.8 Å². The molecular formula is C15H17N5O7S. The van der Waals surface area contributed by atoms with E-state index in [4.69, 9.17) is 4.55 Å². The number of carbonyl (C=O) groups excluding carboxylic acids is 3. The fourth-order valence-corrected chi connectivity index (χ4v) is 4.18. The summed E-state index contributed by atoms with van der Waals surface area (Å²) in [5.74, 6) is -1.23. The number of nitrogens with one attached hydrogen (secondary N) is 2. The topological polar surface area (TPSA) is 158 Å². The molecule has 4 amide bonds. The summed E-state index contributed by atoms with van der Waals surface area (Å²) in [6.07, 6.45) is 3.10. The number of hydrazine groups is 1. The molecule has 3 N–H and O–H groups in total. The van der Waals surface area contributed by atoms with Crippen LogP contribution in [0.3, 0.4) is 0 Å². The van der Waals surface area contributed by atoms with Gasteiger partial charge in [-0.3, -0.25) is 30.0 Å². The van der Waals surface area contributed by atoms with Gasteiger partial charge < -0.3 is 4.90 Å². The van der Waals surface area contributed by atoms with E-state index in [1.54, 1.807) is 12.1 Å². The highest BCUT2D eigenvalue weighted by Crippen LogP contribution is 2.59. The standard InChI is InChI=1S/C15H17N5O7S/c21-12(9-3-1-2-6-16-9)17-18-13(22)10-7-15(4-5-15)11-8-19(10)14(23)20(11)27-28(24,25)26/h1-3,6,10-11H,4-5,7-8H2,(H,17,21)(H,18,22)(H,24,25,26). The normalized spacial score (nSPS) is 25.0. The molecule has 3 heterocycles. The van der Waals surface area contributed by atoms with E-state index in [9.17, 15) is 22.8 Å². The van der Waals surface area contributed by atoms with Crippen LogP contribution in [0.4, 0.5) is 4.79 Å². The highest BCUT2D eigenvalue weighted by Gasteiger charge is 2.65. The number of aromatic nitrogens is 1. The largest absolute Gasteiger partial charge is 0.418 e. The third-order valence-electron chi connectivity index (χ3n) is 5.34. The maximum Gasteiger partial charge on any atom is 0.418 e. The SMILES string of the molecule is O=C(NNC(=O)C1CC2(CC2)C2CN1C(=O)N2OS(=O)(=O)O)c1ccccn1. The quantitative estimate of drug-likeness (QED) is 0.431. The van der Waals surface area contributed by atoms with E-state index < -0.39 is 45.7 Å². The molecule has 0 aromatic carbocycles. The zero-order valence-corrected chi connectivity index (χ0v) is 15.3. The van der Waals surface area contributed by atoms with Gasteiger partial charge in [0.15, 0.2) is 0 Å². The molecule has 1 saturated carbocycles. The molecule has 3 fully saturated rings. The van der Waals surface area contributed by atoms with E-state index in [0.29, 0.717) is 24.3 Å². The molecule has 2 unspecified atom stereocenters. The summed E-state index contributed by atoms with van der Waals surface area (Å²) in [5, 5.41) is 0.627. The van der Waals surface area contributed by atoms with Crippen LogP contribution in [-0.4, -0.2) is 64.4 Å². The second-order valence-corrected chi connectivity index (χ2v) is 8.02. The Balaban J connectivity index is 1.46. The van der Waals surface area contributed by atoms with Gasteiger partial charge in [0, 0.05) is 12.7 Å². The van der Waals surface area contributed by atoms with Gasteiger partial charge in [-0.2, -0.15) is 13.5 Å². The first-order valence-corrected chi connectivity index (χ1v) is 9.85. The van der Waals surface area contributed by atoms with Crippen molar-refractivity contribution in [2.75, 3.05) is 6.54 Å². The molecule has 2 aliphatic heterocycles. The molecule has 13 heteroatoms. The number of pyridine rings is 1. The van der Waals surface area contributed by atoms with Crippen LogP contribution in [0.15, 0.2) is 24.4 Å². The zero-order chi connectivity index (χ0) is 20.1. The molecule has 1 aliphatic carbocycles. The highest BCUT2D eigenvalue weighted by molar-refractivity contribution is 7.80. The van der Waals surface area contributed by atoms with Crippen molar-refractivity contribution in [1.29, 1.82) is 0 Å². The number of urea groups is 1. The molecule has 2 atom stereocenters. The molecule has 1 aromatic heterocycles. The number of rotatable bonds is 4. The fourth-order valence-electron chi connectivity index (χ4n) is 3.81. The van der Waals surface area contributed by atoms with Crippen molar-refractivity contribution in [3.8, 4) is 0 Å². The van der Waals surface area contributed by atoms with E-state index in [1.807, 2.05) is 0 Å². The number of hydroxylamine groups is 2. The van der Waals surface area contributed by atoms with E-state index in [-0.39, 0.29) is 12.2 Å². The van der Waals surface area contributed by atoms with Gasteiger partial charge in [0.05, 0.1) is 6.04 Å². The summed E-state index contributed by atoms with van der Waals surface area (Å²) in [4.78, 5) is 42.2. The van der Waals surface area contributed by atoms with Crippen molar-refractivity contribution >= 4 is 28.2 Å². The van der Waals surface area contributed by atoms with E-state index >= 15 is 0 Å². The Hall–Kier alpha value is -2.77. The molecular weight excluding hydrogens is 394 g/mol. The maximum atomic E-state index is 12.6. The van der Waals surface area contributed by atoms with Crippen LogP contribution in [0, 0.1) is 5.41 Å². The van der Waals surface area contributed by atoms with Crippen LogP contribution in [0.2, 0.25) is 0 Å². The van der Waals surface area contributed by atoms with Crippen LogP contribution >= 0.6 is 0 Å². The molecule has 28 heavy (non-hydrogen) atoms. The van der Waals surface area contributed by atoms with Crippen molar-refractivity contribution in [3.63, 3.8) is 0 Å². The van der Waals surface area contributed by atoms with Gasteiger partial charge in [-0.25, -0.2) is 4.79 Å². The molecule has 4 rings (SSSR count). The van der Waals surface area contributed by atoms with Crippen LogP contribution in [0.1, 0.15) is 29.8 Å². The third-order valence-corrected chi connectivity index (χ3v) is 5.69. The number of carbonyl (C=O) groups is 3. The maximum absolute atomic E-state index is 12.6. The smallest absolute Gasteiger partial charge is 0.309 e. The molecule has 3 aliphatic rings. The second-order valence-electron chi connectivity index (χ2n) is 7.02. The molecule has 12 nitrogen and oxygen atoms in total. The Morgan fingerprint density at radius 2 is 2.04 bits per heavy atom. The van der Waals surface area contributed by atoms with Crippen LogP contribution in [-0.2, 0) is 19.5 Å². The van der Waals surface area contributed by atoms with Crippen molar-refractivity contribution in [3.05, 3.63) is 30.1 Å². The van der Waals surface area contributed by atoms with Gasteiger partial charge in [-0.15, -0.1) is 4.28 Å². The van der Waals surface area contributed by atoms with Gasteiger partial charge in [-0.1, -0.05) is 6.07 Å². The number of hydrogen-bond donors (Lipinski definition) is 3. The predicted molar refractivity (Wildman–Crippen MR) is 90.3 cm³/mol. The summed E-state index contributed by atoms with van der Waals surface area (Å²) in [6.45, 7) is 0.0840. The van der Waals surface area contributed by atoms with Crippen LogP contribution in [0.5, 0.6) is 0 Å². The summed E-state index contributed by atoms with van der Waals surface area (Å²) in [5.41, 5.74) is 4.18. The number of piperidine rings is 1. The Kier molecular flexibility index (Phi) is 4.24. The predicted octanol–water partition coefficient (Wildman–Crippen LogP) is -0.764. The molecule has 2 bridgehead atoms. The van der Waals surface area contributed by atoms with Crippen LogP contribution in [0.25, 0.3) is 0 Å². The summed E-state index contributed by atoms with van der Waals surface area (Å²) < 4.78 is 35.5. The van der Waals surface area contributed by atoms with Crippen molar-refractivity contribution < 1.29 is 31.6 Å². The highest BCUT2D eigenvalue weighted by atomic mass is 32.3. The number of fused-ring (bicyclic) bond motifs is 3. The molecule has 2 saturated heterocycles. The lowest BCUT2D eigenvalue weighted by Crippen LogP contribution is -2.56. The Morgan fingerprint density at radius 1 is 1.29 bits per heavy atom. The van der Waals surface area contributed by atoms with E-state index in [0.717, 1.165) is 0 Å². The minimum atomic E-state index is -4.88. The first kappa shape index (κ1) is 18.6. The summed E-state index contributed by atoms with van der Waals surface area (Å²) in [7, 11) is -4.88. The summed E-state index contributed by atoms with van der Waals surface area (Å²) >= 11 is 0. The molecule has 1 aromatic rings. The van der Waals surface area contributed by atoms with Gasteiger partial charge in [0.2, 0.25) is 0 Å². The third kappa shape index (κ3) is 3.27. The number of nitrogens with zero attached hydrogens (tertiary/aromatic N) is 3. The number of hydrogen-bond acceptors (Lipinski definition) is 7. The van der Waals surface area contributed by atoms with Gasteiger partial charge in [-0.05, 0) is 36.8 Å². The first-order chi connectivity index (χ1) is 13.2. The fraction of sp³-hybridized carbons (Fsp3) is 0.467. The molecule has 1 spiro atoms. The van der Waals surface area contributed by atoms with Crippen LogP contribution < -0.4 is 10.9 Å². The summed E-state index contributed by atoms with van der Waals surface area (Å²) in [6, 6.07) is 2.42. The average Bonchev–Trinajstić information content (AvgIpc) is 3.37.